The number of nitrogens with one attached hydrogen (secondary N) is 1. The van der Waals surface area contributed by atoms with Crippen molar-refractivity contribution >= 4 is 17.7 Å². The molecule has 4 atom stereocenters. The molecule has 7 rings (SSSR count). The molecule has 0 radical (unpaired) electrons. The van der Waals surface area contributed by atoms with Crippen molar-refractivity contribution in [2.45, 2.75) is 44.9 Å². The van der Waals surface area contributed by atoms with Crippen LogP contribution < -0.4 is 5.32 Å². The van der Waals surface area contributed by atoms with Gasteiger partial charge in [-0.05, 0) is 74.5 Å². The van der Waals surface area contributed by atoms with Crippen molar-refractivity contribution in [3.8, 4) is 0 Å². The maximum absolute atomic E-state index is 13.0. The Morgan fingerprint density at radius 1 is 0.926 bits per heavy atom. The average molecular weight is 368 g/mol. The van der Waals surface area contributed by atoms with Gasteiger partial charge in [0.25, 0.3) is 0 Å². The molecule has 144 valence electrons. The highest BCUT2D eigenvalue weighted by molar-refractivity contribution is 6.06. The largest absolute Gasteiger partial charge is 0.354 e. The molecule has 1 aliphatic heterocycles. The number of hydrogen-bond acceptors (Lipinski definition) is 3. The van der Waals surface area contributed by atoms with Crippen LogP contribution in [0.2, 0.25) is 0 Å². The SMILES string of the molecule is O=C1[C@@H]2[C@H](C(=O)N1CCNC(=O)C13CC4CC(CC(C4)C1)C3)[C@H]1C=C[C@@H]2C1. The summed E-state index contributed by atoms with van der Waals surface area (Å²) >= 11 is 0. The van der Waals surface area contributed by atoms with Crippen LogP contribution in [0.3, 0.4) is 0 Å². The summed E-state index contributed by atoms with van der Waals surface area (Å²) in [5, 5.41) is 3.11. The van der Waals surface area contributed by atoms with Crippen molar-refractivity contribution in [2.75, 3.05) is 13.1 Å². The molecule has 5 saturated carbocycles. The third-order valence-corrected chi connectivity index (χ3v) is 8.70. The van der Waals surface area contributed by atoms with Gasteiger partial charge in [0.1, 0.15) is 0 Å². The van der Waals surface area contributed by atoms with E-state index in [0.717, 1.165) is 43.4 Å². The Morgan fingerprint density at radius 3 is 1.96 bits per heavy atom. The fraction of sp³-hybridized carbons (Fsp3) is 0.773. The van der Waals surface area contributed by atoms with Crippen LogP contribution >= 0.6 is 0 Å². The van der Waals surface area contributed by atoms with Crippen molar-refractivity contribution in [3.63, 3.8) is 0 Å². The topological polar surface area (TPSA) is 66.5 Å². The lowest BCUT2D eigenvalue weighted by atomic mass is 9.49. The van der Waals surface area contributed by atoms with Gasteiger partial charge in [-0.15, -0.1) is 0 Å². The standard InChI is InChI=1S/C22H28N2O3/c25-19-17-15-1-2-16(8-15)18(17)20(26)24(19)4-3-23-21(27)22-9-12-5-13(10-22)7-14(6-12)11-22/h1-2,12-18H,3-11H2,(H,23,27)/t12?,13?,14?,15-,16+,17+,18-,22?. The van der Waals surface area contributed by atoms with Crippen LogP contribution in [0.15, 0.2) is 12.2 Å². The number of fused-ring (bicyclic) bond motifs is 5. The zero-order chi connectivity index (χ0) is 18.3. The summed E-state index contributed by atoms with van der Waals surface area (Å²) in [4.78, 5) is 40.0. The first-order valence-corrected chi connectivity index (χ1v) is 10.9. The Bertz CT molecular complexity index is 691. The highest BCUT2D eigenvalue weighted by atomic mass is 16.2. The predicted molar refractivity (Wildman–Crippen MR) is 98.1 cm³/mol. The maximum Gasteiger partial charge on any atom is 0.233 e. The molecule has 5 nitrogen and oxygen atoms in total. The lowest BCUT2D eigenvalue weighted by Gasteiger charge is -2.55. The third-order valence-electron chi connectivity index (χ3n) is 8.70. The predicted octanol–water partition coefficient (Wildman–Crippen LogP) is 2.13. The zero-order valence-electron chi connectivity index (χ0n) is 15.7. The lowest BCUT2D eigenvalue weighted by Crippen LogP contribution is -2.54. The fourth-order valence-corrected chi connectivity index (χ4v) is 8.04. The molecule has 0 aromatic carbocycles. The second-order valence-corrected chi connectivity index (χ2v) is 10.3. The van der Waals surface area contributed by atoms with E-state index in [0.29, 0.717) is 13.1 Å². The molecule has 6 fully saturated rings. The number of carbonyl (C=O) groups is 3. The van der Waals surface area contributed by atoms with Crippen molar-refractivity contribution < 1.29 is 14.4 Å². The van der Waals surface area contributed by atoms with Crippen molar-refractivity contribution in [3.05, 3.63) is 12.2 Å². The Kier molecular flexibility index (Phi) is 3.29. The van der Waals surface area contributed by atoms with Crippen molar-refractivity contribution in [1.29, 1.82) is 0 Å². The van der Waals surface area contributed by atoms with Gasteiger partial charge in [-0.25, -0.2) is 0 Å². The van der Waals surface area contributed by atoms with Gasteiger partial charge in [0.05, 0.1) is 11.8 Å². The molecule has 0 aromatic rings. The Hall–Kier alpha value is -1.65. The first-order chi connectivity index (χ1) is 13.0. The van der Waals surface area contributed by atoms with Crippen molar-refractivity contribution in [2.24, 2.45) is 46.8 Å². The Balaban J connectivity index is 1.09. The zero-order valence-corrected chi connectivity index (χ0v) is 15.7. The first kappa shape index (κ1) is 16.3. The van der Waals surface area contributed by atoms with E-state index < -0.39 is 0 Å². The molecular weight excluding hydrogens is 340 g/mol. The molecule has 27 heavy (non-hydrogen) atoms. The molecule has 1 N–H and O–H groups in total. The van der Waals surface area contributed by atoms with Gasteiger partial charge in [0.2, 0.25) is 17.7 Å². The van der Waals surface area contributed by atoms with E-state index in [9.17, 15) is 14.4 Å². The fourth-order valence-electron chi connectivity index (χ4n) is 8.04. The number of hydrogen-bond donors (Lipinski definition) is 1. The van der Waals surface area contributed by atoms with Gasteiger partial charge in [0, 0.05) is 18.5 Å². The van der Waals surface area contributed by atoms with Crippen LogP contribution in [0.1, 0.15) is 44.9 Å². The van der Waals surface area contributed by atoms with E-state index in [1.54, 1.807) is 0 Å². The number of likely N-dealkylation sites (tertiary alicyclic amines) is 1. The van der Waals surface area contributed by atoms with Gasteiger partial charge in [-0.3, -0.25) is 19.3 Å². The lowest BCUT2D eigenvalue weighted by molar-refractivity contribution is -0.147. The van der Waals surface area contributed by atoms with E-state index >= 15 is 0 Å². The number of carbonyl (C=O) groups excluding carboxylic acids is 3. The van der Waals surface area contributed by atoms with Gasteiger partial charge in [-0.1, -0.05) is 12.2 Å². The third kappa shape index (κ3) is 2.20. The van der Waals surface area contributed by atoms with Gasteiger partial charge in [-0.2, -0.15) is 0 Å². The molecule has 0 unspecified atom stereocenters. The van der Waals surface area contributed by atoms with E-state index in [1.807, 2.05) is 0 Å². The quantitative estimate of drug-likeness (QED) is 0.611. The van der Waals surface area contributed by atoms with E-state index in [-0.39, 0.29) is 46.8 Å². The number of nitrogens with zero attached hydrogens (tertiary/aromatic N) is 1. The summed E-state index contributed by atoms with van der Waals surface area (Å²) < 4.78 is 0. The number of amides is 3. The molecule has 1 heterocycles. The maximum atomic E-state index is 13.0. The normalized spacial score (nSPS) is 48.6. The monoisotopic (exact) mass is 368 g/mol. The smallest absolute Gasteiger partial charge is 0.233 e. The van der Waals surface area contributed by atoms with Gasteiger partial charge in [0.15, 0.2) is 0 Å². The summed E-state index contributed by atoms with van der Waals surface area (Å²) in [5.41, 5.74) is -0.159. The molecule has 0 spiro atoms. The highest BCUT2D eigenvalue weighted by Gasteiger charge is 2.59. The van der Waals surface area contributed by atoms with Gasteiger partial charge >= 0.3 is 0 Å². The van der Waals surface area contributed by atoms with E-state index in [4.69, 9.17) is 0 Å². The molecule has 6 bridgehead atoms. The van der Waals surface area contributed by atoms with Crippen LogP contribution in [-0.2, 0) is 14.4 Å². The molecular formula is C22H28N2O3. The van der Waals surface area contributed by atoms with Crippen LogP contribution in [0.4, 0.5) is 0 Å². The molecule has 6 aliphatic carbocycles. The summed E-state index contributed by atoms with van der Waals surface area (Å²) in [5.74, 6) is 2.63. The summed E-state index contributed by atoms with van der Waals surface area (Å²) in [6.07, 6.45) is 12.3. The number of allylic oxidation sites excluding steroid dienone is 2. The van der Waals surface area contributed by atoms with Gasteiger partial charge < -0.3 is 5.32 Å². The minimum absolute atomic E-state index is 0.00842. The Morgan fingerprint density at radius 2 is 1.44 bits per heavy atom. The van der Waals surface area contributed by atoms with Crippen LogP contribution in [0.25, 0.3) is 0 Å². The first-order valence-electron chi connectivity index (χ1n) is 10.9. The summed E-state index contributed by atoms with van der Waals surface area (Å²) in [6.45, 7) is 0.739. The highest BCUT2D eigenvalue weighted by Crippen LogP contribution is 2.60. The molecule has 3 amide bonds. The number of rotatable bonds is 4. The minimum Gasteiger partial charge on any atom is -0.354 e. The minimum atomic E-state index is -0.159. The molecule has 5 heteroatoms. The molecule has 7 aliphatic rings. The van der Waals surface area contributed by atoms with Crippen LogP contribution in [0.5, 0.6) is 0 Å². The number of imide groups is 1. The summed E-state index contributed by atoms with van der Waals surface area (Å²) in [7, 11) is 0. The second-order valence-electron chi connectivity index (χ2n) is 10.3. The second kappa shape index (κ2) is 5.45. The van der Waals surface area contributed by atoms with Crippen LogP contribution in [0, 0.1) is 46.8 Å². The van der Waals surface area contributed by atoms with E-state index in [1.165, 1.54) is 24.2 Å². The Labute approximate surface area is 159 Å². The van der Waals surface area contributed by atoms with E-state index in [2.05, 4.69) is 17.5 Å². The molecule has 0 aromatic heterocycles. The average Bonchev–Trinajstić information content (AvgIpc) is 3.30. The summed E-state index contributed by atoms with van der Waals surface area (Å²) in [6, 6.07) is 0. The van der Waals surface area contributed by atoms with Crippen LogP contribution in [-0.4, -0.2) is 35.7 Å². The molecule has 1 saturated heterocycles. The van der Waals surface area contributed by atoms with Crippen molar-refractivity contribution in [1.82, 2.24) is 10.2 Å².